The Bertz CT molecular complexity index is 501. The second-order valence-electron chi connectivity index (χ2n) is 5.06. The van der Waals surface area contributed by atoms with Gasteiger partial charge in [-0.25, -0.2) is 0 Å². The van der Waals surface area contributed by atoms with E-state index in [1.807, 2.05) is 79.9 Å². The van der Waals surface area contributed by atoms with Crippen LogP contribution in [0.15, 0.2) is 60.7 Å². The molecule has 0 unspecified atom stereocenters. The monoisotopic (exact) mass is 277 g/mol. The van der Waals surface area contributed by atoms with Crippen LogP contribution in [0.2, 0.25) is 0 Å². The summed E-state index contributed by atoms with van der Waals surface area (Å²) in [5, 5.41) is 21.1. The van der Waals surface area contributed by atoms with Gasteiger partial charge in [0.25, 0.3) is 0 Å². The van der Waals surface area contributed by atoms with Crippen LogP contribution >= 0.6 is 0 Å². The third-order valence-electron chi connectivity index (χ3n) is 3.70. The molecule has 1 saturated carbocycles. The molecule has 3 rings (SSSR count). The summed E-state index contributed by atoms with van der Waals surface area (Å²) in [6, 6.07) is 19.0. The van der Waals surface area contributed by atoms with Crippen molar-refractivity contribution < 1.29 is 10.2 Å². The summed E-state index contributed by atoms with van der Waals surface area (Å²) in [4.78, 5) is 0. The molecular formula is C19H17O2. The highest BCUT2D eigenvalue weighted by molar-refractivity contribution is 5.51. The van der Waals surface area contributed by atoms with E-state index in [1.54, 1.807) is 0 Å². The van der Waals surface area contributed by atoms with Crippen LogP contribution in [-0.2, 0) is 0 Å². The van der Waals surface area contributed by atoms with Gasteiger partial charge in [-0.1, -0.05) is 60.7 Å². The van der Waals surface area contributed by atoms with Crippen molar-refractivity contribution in [3.63, 3.8) is 0 Å². The first kappa shape index (κ1) is 14.3. The van der Waals surface area contributed by atoms with Gasteiger partial charge in [-0.15, -0.1) is 0 Å². The predicted molar refractivity (Wildman–Crippen MR) is 82.2 cm³/mol. The van der Waals surface area contributed by atoms with E-state index in [0.717, 1.165) is 23.0 Å². The van der Waals surface area contributed by atoms with Gasteiger partial charge in [0.15, 0.2) is 0 Å². The van der Waals surface area contributed by atoms with Crippen LogP contribution < -0.4 is 0 Å². The van der Waals surface area contributed by atoms with Crippen LogP contribution in [0.3, 0.4) is 0 Å². The first-order valence-corrected chi connectivity index (χ1v) is 6.99. The lowest BCUT2D eigenvalue weighted by Crippen LogP contribution is -2.20. The standard InChI is InChI=1S/C19H17O2/c20-18(14-8-3-1-4-9-14)16-12-7-13-17(16)19(21)15-10-5-2-6-11-15/h1-13,18-21H/t18-,19+. The van der Waals surface area contributed by atoms with Gasteiger partial charge >= 0.3 is 0 Å². The molecule has 0 bridgehead atoms. The zero-order chi connectivity index (χ0) is 14.7. The van der Waals surface area contributed by atoms with E-state index in [4.69, 9.17) is 0 Å². The SMILES string of the molecule is O[C@H]([C]1[CH][CH][CH][C]1[C@H](O)c1ccccc1)c1ccccc1. The molecule has 1 aliphatic carbocycles. The Kier molecular flexibility index (Phi) is 4.37. The lowest BCUT2D eigenvalue weighted by Gasteiger charge is -2.27. The fraction of sp³-hybridized carbons (Fsp3) is 0.105. The lowest BCUT2D eigenvalue weighted by molar-refractivity contribution is 0.161. The molecule has 2 aromatic carbocycles. The van der Waals surface area contributed by atoms with Crippen molar-refractivity contribution in [2.45, 2.75) is 12.2 Å². The molecule has 0 amide bonds. The fourth-order valence-corrected chi connectivity index (χ4v) is 2.58. The normalized spacial score (nSPS) is 19.5. The smallest absolute Gasteiger partial charge is 0.0862 e. The maximum Gasteiger partial charge on any atom is 0.0862 e. The van der Waals surface area contributed by atoms with Crippen molar-refractivity contribution in [1.29, 1.82) is 0 Å². The highest BCUT2D eigenvalue weighted by Crippen LogP contribution is 2.47. The topological polar surface area (TPSA) is 40.5 Å². The zero-order valence-corrected chi connectivity index (χ0v) is 11.6. The van der Waals surface area contributed by atoms with E-state index >= 15 is 0 Å². The summed E-state index contributed by atoms with van der Waals surface area (Å²) in [6.07, 6.45) is 4.13. The largest absolute Gasteiger partial charge is 0.388 e. The summed E-state index contributed by atoms with van der Waals surface area (Å²) in [5.74, 6) is 1.50. The Morgan fingerprint density at radius 3 is 1.33 bits per heavy atom. The summed E-state index contributed by atoms with van der Waals surface area (Å²) < 4.78 is 0. The molecule has 5 radical (unpaired) electrons. The molecule has 2 nitrogen and oxygen atoms in total. The molecule has 1 fully saturated rings. The maximum atomic E-state index is 10.5. The molecule has 2 N–H and O–H groups in total. The lowest BCUT2D eigenvalue weighted by atomic mass is 9.81. The minimum absolute atomic E-state index is 0.727. The molecule has 0 aromatic heterocycles. The predicted octanol–water partition coefficient (Wildman–Crippen LogP) is 3.23. The van der Waals surface area contributed by atoms with E-state index in [0.29, 0.717) is 0 Å². The third kappa shape index (κ3) is 3.02. The van der Waals surface area contributed by atoms with Gasteiger partial charge < -0.3 is 10.2 Å². The average Bonchev–Trinajstić information content (AvgIpc) is 3.04. The number of hydrogen-bond donors (Lipinski definition) is 2. The van der Waals surface area contributed by atoms with E-state index in [1.165, 1.54) is 0 Å². The Labute approximate surface area is 126 Å². The summed E-state index contributed by atoms with van der Waals surface area (Å²) in [7, 11) is 0. The summed E-state index contributed by atoms with van der Waals surface area (Å²) in [5.41, 5.74) is 1.65. The molecular weight excluding hydrogens is 260 g/mol. The molecule has 21 heavy (non-hydrogen) atoms. The van der Waals surface area contributed by atoms with Crippen LogP contribution in [-0.4, -0.2) is 10.2 Å². The Balaban J connectivity index is 1.79. The van der Waals surface area contributed by atoms with Gasteiger partial charge in [-0.3, -0.25) is 0 Å². The minimum atomic E-state index is -0.727. The van der Waals surface area contributed by atoms with E-state index in [2.05, 4.69) is 0 Å². The molecule has 0 spiro atoms. The summed E-state index contributed by atoms with van der Waals surface area (Å²) in [6.45, 7) is 0. The average molecular weight is 277 g/mol. The molecule has 0 saturated heterocycles. The molecule has 2 aromatic rings. The molecule has 0 heterocycles. The van der Waals surface area contributed by atoms with Crippen molar-refractivity contribution in [1.82, 2.24) is 0 Å². The van der Waals surface area contributed by atoms with Gasteiger partial charge in [0, 0.05) is 11.8 Å². The first-order chi connectivity index (χ1) is 10.3. The molecule has 2 atom stereocenters. The highest BCUT2D eigenvalue weighted by atomic mass is 16.3. The van der Waals surface area contributed by atoms with Gasteiger partial charge in [0.1, 0.15) is 0 Å². The van der Waals surface area contributed by atoms with E-state index in [-0.39, 0.29) is 0 Å². The molecule has 1 aliphatic rings. The zero-order valence-electron chi connectivity index (χ0n) is 11.6. The molecule has 2 heteroatoms. The van der Waals surface area contributed by atoms with Gasteiger partial charge in [-0.05, 0) is 30.4 Å². The van der Waals surface area contributed by atoms with Crippen LogP contribution in [0.25, 0.3) is 0 Å². The number of aliphatic hydroxyl groups excluding tert-OH is 2. The van der Waals surface area contributed by atoms with Gasteiger partial charge in [0.2, 0.25) is 0 Å². The third-order valence-corrected chi connectivity index (χ3v) is 3.70. The highest BCUT2D eigenvalue weighted by Gasteiger charge is 2.39. The Morgan fingerprint density at radius 2 is 0.952 bits per heavy atom. The van der Waals surface area contributed by atoms with Crippen molar-refractivity contribution in [2.24, 2.45) is 0 Å². The second kappa shape index (κ2) is 6.42. The number of hydrogen-bond acceptors (Lipinski definition) is 2. The van der Waals surface area contributed by atoms with Crippen LogP contribution in [0.5, 0.6) is 0 Å². The van der Waals surface area contributed by atoms with Crippen LogP contribution in [0.1, 0.15) is 23.3 Å². The fourth-order valence-electron chi connectivity index (χ4n) is 2.58. The second-order valence-corrected chi connectivity index (χ2v) is 5.06. The maximum absolute atomic E-state index is 10.5. The Hall–Kier alpha value is -1.64. The molecule has 0 aliphatic heterocycles. The van der Waals surface area contributed by atoms with Gasteiger partial charge in [-0.2, -0.15) is 0 Å². The van der Waals surface area contributed by atoms with Crippen LogP contribution in [0, 0.1) is 31.1 Å². The molecule has 105 valence electrons. The minimum Gasteiger partial charge on any atom is -0.388 e. The quantitative estimate of drug-likeness (QED) is 0.900. The van der Waals surface area contributed by atoms with Crippen LogP contribution in [0.4, 0.5) is 0 Å². The number of rotatable bonds is 4. The van der Waals surface area contributed by atoms with Gasteiger partial charge in [0.05, 0.1) is 12.2 Å². The number of benzene rings is 2. The van der Waals surface area contributed by atoms with Crippen molar-refractivity contribution >= 4 is 0 Å². The van der Waals surface area contributed by atoms with E-state index < -0.39 is 12.2 Å². The van der Waals surface area contributed by atoms with Crippen molar-refractivity contribution in [3.05, 3.63) is 103 Å². The van der Waals surface area contributed by atoms with Crippen molar-refractivity contribution in [2.75, 3.05) is 0 Å². The van der Waals surface area contributed by atoms with E-state index in [9.17, 15) is 10.2 Å². The Morgan fingerprint density at radius 1 is 0.571 bits per heavy atom. The van der Waals surface area contributed by atoms with Crippen molar-refractivity contribution in [3.8, 4) is 0 Å². The number of aliphatic hydroxyl groups is 2. The summed E-state index contributed by atoms with van der Waals surface area (Å²) >= 11 is 0. The first-order valence-electron chi connectivity index (χ1n) is 6.99.